The van der Waals surface area contributed by atoms with Gasteiger partial charge in [0.25, 0.3) is 0 Å². The van der Waals surface area contributed by atoms with Crippen molar-refractivity contribution in [1.82, 2.24) is 15.3 Å². The summed E-state index contributed by atoms with van der Waals surface area (Å²) in [6.45, 7) is 3.27. The molecule has 6 heteroatoms. The highest BCUT2D eigenvalue weighted by Gasteiger charge is 2.26. The van der Waals surface area contributed by atoms with E-state index in [1.807, 2.05) is 0 Å². The zero-order chi connectivity index (χ0) is 20.3. The maximum Gasteiger partial charge on any atom is 0.141 e. The van der Waals surface area contributed by atoms with Crippen molar-refractivity contribution in [1.29, 1.82) is 0 Å². The van der Waals surface area contributed by atoms with Gasteiger partial charge in [-0.15, -0.1) is 11.3 Å². The lowest BCUT2D eigenvalue weighted by molar-refractivity contribution is 0.333. The summed E-state index contributed by atoms with van der Waals surface area (Å²) in [7, 11) is 0. The molecule has 2 aliphatic heterocycles. The molecule has 1 aromatic carbocycles. The molecule has 0 saturated carbocycles. The van der Waals surface area contributed by atoms with Gasteiger partial charge in [0, 0.05) is 36.1 Å². The van der Waals surface area contributed by atoms with Crippen LogP contribution in [-0.4, -0.2) is 41.7 Å². The molecule has 4 heterocycles. The SMILES string of the molecule is NC(CC1CCN(c2ncnc3scc(-c4ccccc4)c23)CC1)CC1CCCN1. The lowest BCUT2D eigenvalue weighted by Gasteiger charge is -2.34. The fourth-order valence-corrected chi connectivity index (χ4v) is 6.07. The minimum atomic E-state index is 0.324. The van der Waals surface area contributed by atoms with Gasteiger partial charge in [0.2, 0.25) is 0 Å². The van der Waals surface area contributed by atoms with Gasteiger partial charge in [0.1, 0.15) is 17.0 Å². The number of nitrogens with zero attached hydrogens (tertiary/aromatic N) is 3. The van der Waals surface area contributed by atoms with E-state index in [0.717, 1.165) is 49.0 Å². The Morgan fingerprint density at radius 2 is 1.93 bits per heavy atom. The first-order valence-corrected chi connectivity index (χ1v) is 12.2. The number of thiophene rings is 1. The van der Waals surface area contributed by atoms with Crippen molar-refractivity contribution in [3.63, 3.8) is 0 Å². The van der Waals surface area contributed by atoms with Crippen LogP contribution < -0.4 is 16.0 Å². The van der Waals surface area contributed by atoms with Crippen LogP contribution in [0.1, 0.15) is 38.5 Å². The topological polar surface area (TPSA) is 67.1 Å². The van der Waals surface area contributed by atoms with Crippen LogP contribution in [0.5, 0.6) is 0 Å². The molecule has 5 rings (SSSR count). The van der Waals surface area contributed by atoms with E-state index in [-0.39, 0.29) is 0 Å². The molecule has 0 bridgehead atoms. The fraction of sp³-hybridized carbons (Fsp3) is 0.500. The van der Waals surface area contributed by atoms with E-state index in [4.69, 9.17) is 10.7 Å². The third-order valence-electron chi connectivity index (χ3n) is 6.73. The lowest BCUT2D eigenvalue weighted by Crippen LogP contribution is -2.38. The Balaban J connectivity index is 1.27. The molecule has 0 amide bonds. The number of anilines is 1. The van der Waals surface area contributed by atoms with E-state index in [1.165, 1.54) is 42.2 Å². The molecule has 2 aromatic heterocycles. The van der Waals surface area contributed by atoms with Gasteiger partial charge in [-0.25, -0.2) is 9.97 Å². The number of hydrogen-bond donors (Lipinski definition) is 2. The van der Waals surface area contributed by atoms with Gasteiger partial charge < -0.3 is 16.0 Å². The van der Waals surface area contributed by atoms with Gasteiger partial charge in [0.15, 0.2) is 0 Å². The van der Waals surface area contributed by atoms with Crippen molar-refractivity contribution in [3.8, 4) is 11.1 Å². The second kappa shape index (κ2) is 9.00. The third-order valence-corrected chi connectivity index (χ3v) is 7.62. The molecule has 30 heavy (non-hydrogen) atoms. The smallest absolute Gasteiger partial charge is 0.141 e. The van der Waals surface area contributed by atoms with Gasteiger partial charge in [-0.3, -0.25) is 0 Å². The molecule has 2 fully saturated rings. The summed E-state index contributed by atoms with van der Waals surface area (Å²) in [5, 5.41) is 7.01. The molecule has 2 aliphatic rings. The highest BCUT2D eigenvalue weighted by molar-refractivity contribution is 7.17. The Bertz CT molecular complexity index is 958. The highest BCUT2D eigenvalue weighted by Crippen LogP contribution is 2.39. The van der Waals surface area contributed by atoms with E-state index in [9.17, 15) is 0 Å². The molecule has 3 N–H and O–H groups in total. The van der Waals surface area contributed by atoms with Gasteiger partial charge >= 0.3 is 0 Å². The highest BCUT2D eigenvalue weighted by atomic mass is 32.1. The second-order valence-electron chi connectivity index (χ2n) is 8.85. The van der Waals surface area contributed by atoms with Crippen LogP contribution in [0.15, 0.2) is 42.0 Å². The van der Waals surface area contributed by atoms with Crippen molar-refractivity contribution in [2.45, 2.75) is 50.6 Å². The van der Waals surface area contributed by atoms with Crippen molar-refractivity contribution >= 4 is 27.4 Å². The van der Waals surface area contributed by atoms with E-state index in [0.29, 0.717) is 12.1 Å². The molecule has 0 spiro atoms. The Labute approximate surface area is 182 Å². The van der Waals surface area contributed by atoms with Gasteiger partial charge in [-0.05, 0) is 56.6 Å². The molecule has 2 saturated heterocycles. The number of aromatic nitrogens is 2. The third kappa shape index (κ3) is 4.22. The quantitative estimate of drug-likeness (QED) is 0.616. The average molecular weight is 422 g/mol. The first-order valence-electron chi connectivity index (χ1n) is 11.3. The molecular formula is C24H31N5S. The van der Waals surface area contributed by atoms with Gasteiger partial charge in [0.05, 0.1) is 5.39 Å². The van der Waals surface area contributed by atoms with Crippen LogP contribution in [0.4, 0.5) is 5.82 Å². The van der Waals surface area contributed by atoms with E-state index in [1.54, 1.807) is 17.7 Å². The molecule has 0 radical (unpaired) electrons. The average Bonchev–Trinajstić information content (AvgIpc) is 3.44. The monoisotopic (exact) mass is 421 g/mol. The zero-order valence-electron chi connectivity index (χ0n) is 17.5. The van der Waals surface area contributed by atoms with Gasteiger partial charge in [-0.1, -0.05) is 30.3 Å². The summed E-state index contributed by atoms with van der Waals surface area (Å²) < 4.78 is 0. The standard InChI is InChI=1S/C24H31N5S/c25-19(14-20-7-4-10-26-20)13-17-8-11-29(12-9-17)23-22-21(18-5-2-1-3-6-18)15-30-24(22)28-16-27-23/h1-3,5-6,15-17,19-20,26H,4,7-14,25H2. The Morgan fingerprint density at radius 3 is 2.70 bits per heavy atom. The van der Waals surface area contributed by atoms with Gasteiger partial charge in [-0.2, -0.15) is 0 Å². The molecule has 3 aromatic rings. The number of benzene rings is 1. The van der Waals surface area contributed by atoms with E-state index >= 15 is 0 Å². The van der Waals surface area contributed by atoms with Crippen LogP contribution in [0, 0.1) is 5.92 Å². The molecule has 0 aliphatic carbocycles. The van der Waals surface area contributed by atoms with Crippen molar-refractivity contribution in [3.05, 3.63) is 42.0 Å². The fourth-order valence-electron chi connectivity index (χ4n) is 5.16. The molecular weight excluding hydrogens is 390 g/mol. The molecule has 2 unspecified atom stereocenters. The maximum atomic E-state index is 6.50. The van der Waals surface area contributed by atoms with Crippen molar-refractivity contribution < 1.29 is 0 Å². The predicted molar refractivity (Wildman–Crippen MR) is 126 cm³/mol. The minimum absolute atomic E-state index is 0.324. The zero-order valence-corrected chi connectivity index (χ0v) is 18.3. The first kappa shape index (κ1) is 19.9. The van der Waals surface area contributed by atoms with Crippen LogP contribution in [0.2, 0.25) is 0 Å². The molecule has 2 atom stereocenters. The van der Waals surface area contributed by atoms with Crippen LogP contribution in [-0.2, 0) is 0 Å². The number of nitrogens with two attached hydrogens (primary N) is 1. The summed E-state index contributed by atoms with van der Waals surface area (Å²) >= 11 is 1.71. The van der Waals surface area contributed by atoms with E-state index < -0.39 is 0 Å². The largest absolute Gasteiger partial charge is 0.356 e. The minimum Gasteiger partial charge on any atom is -0.356 e. The Kier molecular flexibility index (Phi) is 5.97. The number of nitrogens with one attached hydrogen (secondary N) is 1. The number of fused-ring (bicyclic) bond motifs is 1. The summed E-state index contributed by atoms with van der Waals surface area (Å²) in [6.07, 6.45) is 8.99. The first-order chi connectivity index (χ1) is 14.8. The number of piperidine rings is 1. The maximum absolute atomic E-state index is 6.50. The van der Waals surface area contributed by atoms with E-state index in [2.05, 4.69) is 50.9 Å². The summed E-state index contributed by atoms with van der Waals surface area (Å²) in [5.41, 5.74) is 8.99. The Morgan fingerprint density at radius 1 is 1.10 bits per heavy atom. The second-order valence-corrected chi connectivity index (χ2v) is 9.71. The van der Waals surface area contributed by atoms with Crippen LogP contribution in [0.25, 0.3) is 21.3 Å². The Hall–Kier alpha value is -2.02. The molecule has 158 valence electrons. The number of rotatable bonds is 6. The van der Waals surface area contributed by atoms with Crippen LogP contribution >= 0.6 is 11.3 Å². The molecule has 5 nitrogen and oxygen atoms in total. The van der Waals surface area contributed by atoms with Crippen LogP contribution in [0.3, 0.4) is 0 Å². The van der Waals surface area contributed by atoms with Crippen molar-refractivity contribution in [2.24, 2.45) is 11.7 Å². The summed E-state index contributed by atoms with van der Waals surface area (Å²) in [6, 6.07) is 11.6. The van der Waals surface area contributed by atoms with Crippen molar-refractivity contribution in [2.75, 3.05) is 24.5 Å². The summed E-state index contributed by atoms with van der Waals surface area (Å²) in [5.74, 6) is 1.82. The number of hydrogen-bond acceptors (Lipinski definition) is 6. The predicted octanol–water partition coefficient (Wildman–Crippen LogP) is 4.43. The summed E-state index contributed by atoms with van der Waals surface area (Å²) in [4.78, 5) is 12.8. The normalized spacial score (nSPS) is 21.4. The lowest BCUT2D eigenvalue weighted by atomic mass is 9.88.